The SMILES string of the molecule is COc1cc(NCCNC(=O)c2ccc(CN)cc2)cc(OC)c1. The highest BCUT2D eigenvalue weighted by Crippen LogP contribution is 2.25. The molecule has 0 spiro atoms. The zero-order valence-corrected chi connectivity index (χ0v) is 14.0. The van der Waals surface area contributed by atoms with Crippen molar-refractivity contribution in [3.8, 4) is 11.5 Å². The van der Waals surface area contributed by atoms with E-state index in [9.17, 15) is 4.79 Å². The molecule has 0 atom stereocenters. The summed E-state index contributed by atoms with van der Waals surface area (Å²) in [5.74, 6) is 1.31. The molecule has 2 rings (SSSR count). The van der Waals surface area contributed by atoms with Crippen molar-refractivity contribution < 1.29 is 14.3 Å². The van der Waals surface area contributed by atoms with Crippen LogP contribution in [0.15, 0.2) is 42.5 Å². The Hall–Kier alpha value is -2.73. The first-order chi connectivity index (χ1) is 11.7. The molecule has 0 aliphatic heterocycles. The standard InChI is InChI=1S/C18H23N3O3/c1-23-16-9-15(10-17(11-16)24-2)20-7-8-21-18(22)14-5-3-13(12-19)4-6-14/h3-6,9-11,20H,7-8,12,19H2,1-2H3,(H,21,22). The van der Waals surface area contributed by atoms with E-state index in [1.807, 2.05) is 24.3 Å². The van der Waals surface area contributed by atoms with Crippen molar-refractivity contribution >= 4 is 11.6 Å². The van der Waals surface area contributed by atoms with Gasteiger partial charge in [-0.3, -0.25) is 4.79 Å². The molecule has 0 saturated heterocycles. The van der Waals surface area contributed by atoms with Crippen LogP contribution in [-0.4, -0.2) is 33.2 Å². The Morgan fingerprint density at radius 3 is 2.17 bits per heavy atom. The molecule has 0 radical (unpaired) electrons. The lowest BCUT2D eigenvalue weighted by Gasteiger charge is -2.11. The van der Waals surface area contributed by atoms with E-state index in [0.29, 0.717) is 36.7 Å². The van der Waals surface area contributed by atoms with Crippen LogP contribution >= 0.6 is 0 Å². The van der Waals surface area contributed by atoms with Crippen molar-refractivity contribution in [2.75, 3.05) is 32.6 Å². The summed E-state index contributed by atoms with van der Waals surface area (Å²) < 4.78 is 10.4. The number of hydrogen-bond donors (Lipinski definition) is 3. The molecular formula is C18H23N3O3. The van der Waals surface area contributed by atoms with Gasteiger partial charge in [0.05, 0.1) is 14.2 Å². The van der Waals surface area contributed by atoms with Crippen molar-refractivity contribution in [1.82, 2.24) is 5.32 Å². The fraction of sp³-hybridized carbons (Fsp3) is 0.278. The van der Waals surface area contributed by atoms with Crippen LogP contribution in [0.4, 0.5) is 5.69 Å². The molecule has 0 unspecified atom stereocenters. The smallest absolute Gasteiger partial charge is 0.251 e. The number of anilines is 1. The molecule has 0 saturated carbocycles. The van der Waals surface area contributed by atoms with Crippen LogP contribution in [0.5, 0.6) is 11.5 Å². The minimum Gasteiger partial charge on any atom is -0.497 e. The lowest BCUT2D eigenvalue weighted by Crippen LogP contribution is -2.28. The predicted molar refractivity (Wildman–Crippen MR) is 94.7 cm³/mol. The number of carbonyl (C=O) groups is 1. The van der Waals surface area contributed by atoms with Gasteiger partial charge in [0, 0.05) is 49.1 Å². The summed E-state index contributed by atoms with van der Waals surface area (Å²) in [6.45, 7) is 1.55. The Kier molecular flexibility index (Phi) is 6.45. The molecule has 0 aliphatic carbocycles. The van der Waals surface area contributed by atoms with Crippen LogP contribution in [-0.2, 0) is 6.54 Å². The largest absolute Gasteiger partial charge is 0.497 e. The van der Waals surface area contributed by atoms with Gasteiger partial charge in [-0.15, -0.1) is 0 Å². The molecule has 0 fully saturated rings. The Morgan fingerprint density at radius 1 is 1.00 bits per heavy atom. The van der Waals surface area contributed by atoms with Gasteiger partial charge in [-0.1, -0.05) is 12.1 Å². The molecule has 128 valence electrons. The summed E-state index contributed by atoms with van der Waals surface area (Å²) in [6, 6.07) is 12.8. The highest BCUT2D eigenvalue weighted by atomic mass is 16.5. The normalized spacial score (nSPS) is 10.1. The van der Waals surface area contributed by atoms with Gasteiger partial charge in [-0.2, -0.15) is 0 Å². The van der Waals surface area contributed by atoms with E-state index in [1.165, 1.54) is 0 Å². The molecule has 6 nitrogen and oxygen atoms in total. The van der Waals surface area contributed by atoms with E-state index >= 15 is 0 Å². The van der Waals surface area contributed by atoms with Gasteiger partial charge in [0.1, 0.15) is 11.5 Å². The minimum atomic E-state index is -0.108. The number of carbonyl (C=O) groups excluding carboxylic acids is 1. The van der Waals surface area contributed by atoms with Gasteiger partial charge in [-0.05, 0) is 17.7 Å². The summed E-state index contributed by atoms with van der Waals surface area (Å²) >= 11 is 0. The fourth-order valence-corrected chi connectivity index (χ4v) is 2.19. The van der Waals surface area contributed by atoms with Crippen LogP contribution in [0.25, 0.3) is 0 Å². The van der Waals surface area contributed by atoms with Gasteiger partial charge in [-0.25, -0.2) is 0 Å². The maximum atomic E-state index is 12.0. The first-order valence-electron chi connectivity index (χ1n) is 7.70. The molecule has 0 bridgehead atoms. The molecule has 1 amide bonds. The third-order valence-corrected chi connectivity index (χ3v) is 3.54. The van der Waals surface area contributed by atoms with Gasteiger partial charge in [0.25, 0.3) is 5.91 Å². The molecule has 0 heterocycles. The van der Waals surface area contributed by atoms with Crippen molar-refractivity contribution in [2.24, 2.45) is 5.73 Å². The fourth-order valence-electron chi connectivity index (χ4n) is 2.19. The molecular weight excluding hydrogens is 306 g/mol. The molecule has 2 aromatic rings. The Balaban J connectivity index is 1.82. The second kappa shape index (κ2) is 8.79. The molecule has 0 aliphatic rings. The number of nitrogens with one attached hydrogen (secondary N) is 2. The highest BCUT2D eigenvalue weighted by Gasteiger charge is 2.05. The quantitative estimate of drug-likeness (QED) is 0.645. The van der Waals surface area contributed by atoms with Crippen LogP contribution in [0.3, 0.4) is 0 Å². The maximum Gasteiger partial charge on any atom is 0.251 e. The van der Waals surface area contributed by atoms with Crippen LogP contribution in [0.1, 0.15) is 15.9 Å². The first kappa shape index (κ1) is 17.6. The predicted octanol–water partition coefficient (Wildman–Crippen LogP) is 2.00. The van der Waals surface area contributed by atoms with Gasteiger partial charge >= 0.3 is 0 Å². The van der Waals surface area contributed by atoms with Crippen LogP contribution in [0, 0.1) is 0 Å². The monoisotopic (exact) mass is 329 g/mol. The summed E-state index contributed by atoms with van der Waals surface area (Å²) in [6.07, 6.45) is 0. The second-order valence-electron chi connectivity index (χ2n) is 5.19. The average molecular weight is 329 g/mol. The second-order valence-corrected chi connectivity index (χ2v) is 5.19. The number of rotatable bonds is 8. The number of nitrogens with two attached hydrogens (primary N) is 1. The number of methoxy groups -OCH3 is 2. The number of hydrogen-bond acceptors (Lipinski definition) is 5. The van der Waals surface area contributed by atoms with E-state index in [-0.39, 0.29) is 5.91 Å². The van der Waals surface area contributed by atoms with Crippen molar-refractivity contribution in [3.05, 3.63) is 53.6 Å². The number of ether oxygens (including phenoxy) is 2. The summed E-state index contributed by atoms with van der Waals surface area (Å²) in [5, 5.41) is 6.10. The van der Waals surface area contributed by atoms with E-state index in [0.717, 1.165) is 11.3 Å². The van der Waals surface area contributed by atoms with Crippen LogP contribution in [0.2, 0.25) is 0 Å². The Bertz CT molecular complexity index is 649. The molecule has 6 heteroatoms. The maximum absolute atomic E-state index is 12.0. The van der Waals surface area contributed by atoms with E-state index in [1.54, 1.807) is 32.4 Å². The topological polar surface area (TPSA) is 85.6 Å². The number of amides is 1. The van der Waals surface area contributed by atoms with Crippen molar-refractivity contribution in [1.29, 1.82) is 0 Å². The Morgan fingerprint density at radius 2 is 1.62 bits per heavy atom. The summed E-state index contributed by atoms with van der Waals surface area (Å²) in [4.78, 5) is 12.0. The lowest BCUT2D eigenvalue weighted by molar-refractivity contribution is 0.0955. The molecule has 2 aromatic carbocycles. The third kappa shape index (κ3) is 4.89. The molecule has 4 N–H and O–H groups in total. The average Bonchev–Trinajstić information content (AvgIpc) is 2.64. The van der Waals surface area contributed by atoms with Crippen molar-refractivity contribution in [2.45, 2.75) is 6.54 Å². The summed E-state index contributed by atoms with van der Waals surface area (Å²) in [5.41, 5.74) is 8.03. The van der Waals surface area contributed by atoms with Gasteiger partial charge < -0.3 is 25.8 Å². The molecule has 0 aromatic heterocycles. The van der Waals surface area contributed by atoms with E-state index in [4.69, 9.17) is 15.2 Å². The third-order valence-electron chi connectivity index (χ3n) is 3.54. The highest BCUT2D eigenvalue weighted by molar-refractivity contribution is 5.94. The Labute approximate surface area is 142 Å². The van der Waals surface area contributed by atoms with E-state index < -0.39 is 0 Å². The van der Waals surface area contributed by atoms with E-state index in [2.05, 4.69) is 10.6 Å². The van der Waals surface area contributed by atoms with Crippen molar-refractivity contribution in [3.63, 3.8) is 0 Å². The molecule has 24 heavy (non-hydrogen) atoms. The zero-order chi connectivity index (χ0) is 17.4. The lowest BCUT2D eigenvalue weighted by atomic mass is 10.1. The summed E-state index contributed by atoms with van der Waals surface area (Å²) in [7, 11) is 3.21. The van der Waals surface area contributed by atoms with Gasteiger partial charge in [0.15, 0.2) is 0 Å². The minimum absolute atomic E-state index is 0.108. The zero-order valence-electron chi connectivity index (χ0n) is 14.0. The first-order valence-corrected chi connectivity index (χ1v) is 7.70. The number of benzene rings is 2. The van der Waals surface area contributed by atoms with Gasteiger partial charge in [0.2, 0.25) is 0 Å². The van der Waals surface area contributed by atoms with Crippen LogP contribution < -0.4 is 25.8 Å².